The number of ether oxygens (including phenoxy) is 2. The number of halogens is 1. The summed E-state index contributed by atoms with van der Waals surface area (Å²) < 4.78 is 23.5. The van der Waals surface area contributed by atoms with Crippen LogP contribution in [-0.4, -0.2) is 57.4 Å². The fraction of sp³-hybridized carbons (Fsp3) is 0.533. The van der Waals surface area contributed by atoms with Gasteiger partial charge in [0, 0.05) is 32.7 Å². The van der Waals surface area contributed by atoms with E-state index in [1.54, 1.807) is 6.07 Å². The summed E-state index contributed by atoms with van der Waals surface area (Å²) >= 11 is 0. The lowest BCUT2D eigenvalue weighted by Gasteiger charge is -2.26. The second-order valence-electron chi connectivity index (χ2n) is 4.94. The zero-order valence-electron chi connectivity index (χ0n) is 12.2. The van der Waals surface area contributed by atoms with Gasteiger partial charge in [0.15, 0.2) is 0 Å². The van der Waals surface area contributed by atoms with Gasteiger partial charge in [-0.1, -0.05) is 6.07 Å². The fourth-order valence-corrected chi connectivity index (χ4v) is 2.24. The van der Waals surface area contributed by atoms with Gasteiger partial charge in [0.1, 0.15) is 5.82 Å². The minimum Gasteiger partial charge on any atom is -0.465 e. The molecule has 0 saturated carbocycles. The van der Waals surface area contributed by atoms with Gasteiger partial charge >= 0.3 is 5.97 Å². The van der Waals surface area contributed by atoms with E-state index in [4.69, 9.17) is 4.74 Å². The third-order valence-corrected chi connectivity index (χ3v) is 3.48. The fourth-order valence-electron chi connectivity index (χ4n) is 2.24. The Kier molecular flexibility index (Phi) is 6.10. The van der Waals surface area contributed by atoms with Crippen LogP contribution in [0.1, 0.15) is 15.9 Å². The molecule has 21 heavy (non-hydrogen) atoms. The molecule has 1 aromatic carbocycles. The lowest BCUT2D eigenvalue weighted by atomic mass is 10.1. The second kappa shape index (κ2) is 8.07. The highest BCUT2D eigenvalue weighted by atomic mass is 19.1. The van der Waals surface area contributed by atoms with Crippen molar-refractivity contribution < 1.29 is 18.7 Å². The van der Waals surface area contributed by atoms with E-state index in [2.05, 4.69) is 15.0 Å². The number of nitrogens with zero attached hydrogens (tertiary/aromatic N) is 1. The largest absolute Gasteiger partial charge is 0.465 e. The van der Waals surface area contributed by atoms with Crippen molar-refractivity contribution in [2.75, 3.05) is 46.5 Å². The van der Waals surface area contributed by atoms with Crippen LogP contribution in [0.3, 0.4) is 0 Å². The molecule has 0 atom stereocenters. The summed E-state index contributed by atoms with van der Waals surface area (Å²) in [5.74, 6) is -1.20. The Morgan fingerprint density at radius 2 is 2.19 bits per heavy atom. The topological polar surface area (TPSA) is 50.8 Å². The molecule has 1 aromatic rings. The van der Waals surface area contributed by atoms with Gasteiger partial charge in [0.05, 0.1) is 25.9 Å². The number of carbonyl (C=O) groups excluding carboxylic acids is 1. The Hall–Kier alpha value is -1.50. The minimum atomic E-state index is -0.653. The van der Waals surface area contributed by atoms with Crippen molar-refractivity contribution in [3.8, 4) is 0 Å². The van der Waals surface area contributed by atoms with Gasteiger partial charge in [-0.2, -0.15) is 0 Å². The Bertz CT molecular complexity index is 476. The van der Waals surface area contributed by atoms with Crippen molar-refractivity contribution in [1.82, 2.24) is 10.2 Å². The van der Waals surface area contributed by atoms with Gasteiger partial charge in [0.2, 0.25) is 0 Å². The van der Waals surface area contributed by atoms with Gasteiger partial charge in [0.25, 0.3) is 0 Å². The quantitative estimate of drug-likeness (QED) is 0.628. The van der Waals surface area contributed by atoms with Crippen LogP contribution in [0, 0.1) is 5.82 Å². The molecule has 0 unspecified atom stereocenters. The van der Waals surface area contributed by atoms with Crippen LogP contribution in [0.5, 0.6) is 0 Å². The summed E-state index contributed by atoms with van der Waals surface area (Å²) in [5, 5.41) is 3.27. The molecule has 1 fully saturated rings. The molecule has 1 saturated heterocycles. The van der Waals surface area contributed by atoms with Crippen LogP contribution in [0.15, 0.2) is 18.2 Å². The minimum absolute atomic E-state index is 0.0328. The standard InChI is InChI=1S/C15H21FN2O3/c1-20-15(19)13-3-2-12(10-14(13)16)11-17-4-5-18-6-8-21-9-7-18/h2-3,10,17H,4-9,11H2,1H3. The van der Waals surface area contributed by atoms with Gasteiger partial charge < -0.3 is 14.8 Å². The van der Waals surface area contributed by atoms with Crippen molar-refractivity contribution in [3.63, 3.8) is 0 Å². The maximum absolute atomic E-state index is 13.7. The summed E-state index contributed by atoms with van der Waals surface area (Å²) in [4.78, 5) is 13.6. The number of morpholine rings is 1. The number of nitrogens with one attached hydrogen (secondary N) is 1. The first kappa shape index (κ1) is 15.9. The molecule has 1 heterocycles. The zero-order chi connectivity index (χ0) is 15.1. The van der Waals surface area contributed by atoms with Crippen molar-refractivity contribution in [3.05, 3.63) is 35.1 Å². The molecule has 0 aliphatic carbocycles. The Labute approximate surface area is 124 Å². The van der Waals surface area contributed by atoms with E-state index >= 15 is 0 Å². The molecule has 2 rings (SSSR count). The zero-order valence-corrected chi connectivity index (χ0v) is 12.2. The average Bonchev–Trinajstić information content (AvgIpc) is 2.52. The predicted octanol–water partition coefficient (Wildman–Crippen LogP) is 1.03. The molecule has 116 valence electrons. The van der Waals surface area contributed by atoms with Gasteiger partial charge in [-0.15, -0.1) is 0 Å². The van der Waals surface area contributed by atoms with Crippen molar-refractivity contribution in [2.24, 2.45) is 0 Å². The van der Waals surface area contributed by atoms with Crippen molar-refractivity contribution in [2.45, 2.75) is 6.54 Å². The van der Waals surface area contributed by atoms with Gasteiger partial charge in [-0.05, 0) is 17.7 Å². The second-order valence-corrected chi connectivity index (χ2v) is 4.94. The van der Waals surface area contributed by atoms with E-state index in [9.17, 15) is 9.18 Å². The maximum atomic E-state index is 13.7. The molecule has 5 nitrogen and oxygen atoms in total. The smallest absolute Gasteiger partial charge is 0.340 e. The number of esters is 1. The summed E-state index contributed by atoms with van der Waals surface area (Å²) in [6.07, 6.45) is 0. The molecule has 0 spiro atoms. The number of benzene rings is 1. The van der Waals surface area contributed by atoms with Crippen LogP contribution < -0.4 is 5.32 Å². The summed E-state index contributed by atoms with van der Waals surface area (Å²) in [6.45, 7) is 5.86. The van der Waals surface area contributed by atoms with Crippen molar-refractivity contribution >= 4 is 5.97 Å². The third-order valence-electron chi connectivity index (χ3n) is 3.48. The molecule has 0 bridgehead atoms. The highest BCUT2D eigenvalue weighted by Gasteiger charge is 2.12. The Morgan fingerprint density at radius 3 is 2.86 bits per heavy atom. The first-order chi connectivity index (χ1) is 10.2. The first-order valence-corrected chi connectivity index (χ1v) is 7.08. The molecule has 0 aromatic heterocycles. The van der Waals surface area contributed by atoms with E-state index in [0.29, 0.717) is 6.54 Å². The van der Waals surface area contributed by atoms with Crippen LogP contribution in [0.4, 0.5) is 4.39 Å². The van der Waals surface area contributed by atoms with Gasteiger partial charge in [-0.3, -0.25) is 4.90 Å². The molecule has 6 heteroatoms. The number of methoxy groups -OCH3 is 1. The van der Waals surface area contributed by atoms with Crippen LogP contribution in [0.25, 0.3) is 0 Å². The highest BCUT2D eigenvalue weighted by Crippen LogP contribution is 2.11. The van der Waals surface area contributed by atoms with Crippen LogP contribution in [-0.2, 0) is 16.0 Å². The predicted molar refractivity (Wildman–Crippen MR) is 76.7 cm³/mol. The lowest BCUT2D eigenvalue weighted by Crippen LogP contribution is -2.40. The monoisotopic (exact) mass is 296 g/mol. The van der Waals surface area contributed by atoms with E-state index in [1.807, 2.05) is 0 Å². The Morgan fingerprint density at radius 1 is 1.43 bits per heavy atom. The first-order valence-electron chi connectivity index (χ1n) is 7.08. The van der Waals surface area contributed by atoms with E-state index in [1.165, 1.54) is 19.2 Å². The molecule has 0 radical (unpaired) electrons. The van der Waals surface area contributed by atoms with Crippen LogP contribution >= 0.6 is 0 Å². The van der Waals surface area contributed by atoms with Crippen molar-refractivity contribution in [1.29, 1.82) is 0 Å². The number of rotatable bonds is 6. The number of carbonyl (C=O) groups is 1. The summed E-state index contributed by atoms with van der Waals surface area (Å²) in [7, 11) is 1.24. The SMILES string of the molecule is COC(=O)c1ccc(CNCCN2CCOCC2)cc1F. The summed E-state index contributed by atoms with van der Waals surface area (Å²) in [5.41, 5.74) is 0.775. The number of hydrogen-bond acceptors (Lipinski definition) is 5. The normalized spacial score (nSPS) is 15.9. The lowest BCUT2D eigenvalue weighted by molar-refractivity contribution is 0.0384. The molecular weight excluding hydrogens is 275 g/mol. The third kappa shape index (κ3) is 4.77. The highest BCUT2D eigenvalue weighted by molar-refractivity contribution is 5.89. The average molecular weight is 296 g/mol. The number of hydrogen-bond donors (Lipinski definition) is 1. The van der Waals surface area contributed by atoms with Crippen LogP contribution in [0.2, 0.25) is 0 Å². The Balaban J connectivity index is 1.75. The molecular formula is C15H21FN2O3. The molecule has 1 aliphatic rings. The molecule has 1 aliphatic heterocycles. The summed E-state index contributed by atoms with van der Waals surface area (Å²) in [6, 6.07) is 4.56. The molecule has 1 N–H and O–H groups in total. The van der Waals surface area contributed by atoms with E-state index < -0.39 is 11.8 Å². The maximum Gasteiger partial charge on any atom is 0.340 e. The van der Waals surface area contributed by atoms with E-state index in [-0.39, 0.29) is 5.56 Å². The molecule has 0 amide bonds. The van der Waals surface area contributed by atoms with E-state index in [0.717, 1.165) is 45.0 Å². The van der Waals surface area contributed by atoms with Gasteiger partial charge in [-0.25, -0.2) is 9.18 Å².